The summed E-state index contributed by atoms with van der Waals surface area (Å²) in [5, 5.41) is 2.71. The van der Waals surface area contributed by atoms with Crippen molar-refractivity contribution in [1.29, 1.82) is 0 Å². The summed E-state index contributed by atoms with van der Waals surface area (Å²) in [5.41, 5.74) is 2.75. The number of aromatic nitrogens is 1. The molecule has 19 heavy (non-hydrogen) atoms. The van der Waals surface area contributed by atoms with Gasteiger partial charge in [-0.2, -0.15) is 4.39 Å². The first kappa shape index (κ1) is 13.7. The number of hydrogen-bond donors (Lipinski definition) is 1. The van der Waals surface area contributed by atoms with Crippen LogP contribution in [0.2, 0.25) is 0 Å². The number of anilines is 1. The molecule has 0 radical (unpaired) electrons. The fourth-order valence-electron chi connectivity index (χ4n) is 1.75. The summed E-state index contributed by atoms with van der Waals surface area (Å²) in [7, 11) is 0. The van der Waals surface area contributed by atoms with Gasteiger partial charge in [0.05, 0.1) is 0 Å². The molecule has 0 bridgehead atoms. The number of benzene rings is 1. The van der Waals surface area contributed by atoms with Gasteiger partial charge in [0, 0.05) is 10.2 Å². The maximum absolute atomic E-state index is 13.0. The molecule has 0 aliphatic rings. The minimum atomic E-state index is -0.671. The summed E-state index contributed by atoms with van der Waals surface area (Å²) in [5.74, 6) is -1.10. The molecule has 0 atom stereocenters. The second-order valence-electron chi connectivity index (χ2n) is 4.22. The monoisotopic (exact) mass is 322 g/mol. The van der Waals surface area contributed by atoms with E-state index in [1.165, 1.54) is 18.2 Å². The lowest BCUT2D eigenvalue weighted by atomic mass is 10.1. The van der Waals surface area contributed by atoms with Gasteiger partial charge in [0.15, 0.2) is 0 Å². The van der Waals surface area contributed by atoms with Crippen LogP contribution in [-0.2, 0) is 0 Å². The zero-order valence-corrected chi connectivity index (χ0v) is 12.1. The highest BCUT2D eigenvalue weighted by molar-refractivity contribution is 9.10. The van der Waals surface area contributed by atoms with Crippen LogP contribution >= 0.6 is 15.9 Å². The number of hydrogen-bond acceptors (Lipinski definition) is 2. The number of pyridine rings is 1. The van der Waals surface area contributed by atoms with Gasteiger partial charge in [0.25, 0.3) is 5.91 Å². The molecule has 1 aromatic heterocycles. The molecular weight excluding hydrogens is 311 g/mol. The molecule has 0 aliphatic carbocycles. The highest BCUT2D eigenvalue weighted by Gasteiger charge is 2.10. The molecule has 5 heteroatoms. The summed E-state index contributed by atoms with van der Waals surface area (Å²) >= 11 is 3.46. The van der Waals surface area contributed by atoms with Gasteiger partial charge in [0.1, 0.15) is 5.69 Å². The van der Waals surface area contributed by atoms with E-state index < -0.39 is 11.9 Å². The Bertz CT molecular complexity index is 620. The molecule has 1 heterocycles. The maximum Gasteiger partial charge on any atom is 0.274 e. The van der Waals surface area contributed by atoms with Crippen LogP contribution in [0.4, 0.5) is 10.1 Å². The molecule has 1 N–H and O–H groups in total. The van der Waals surface area contributed by atoms with Crippen molar-refractivity contribution in [3.05, 3.63) is 57.6 Å². The number of nitrogens with one attached hydrogen (secondary N) is 1. The first-order chi connectivity index (χ1) is 8.97. The number of amides is 1. The Hall–Kier alpha value is -1.75. The number of aryl methyl sites for hydroxylation is 2. The van der Waals surface area contributed by atoms with E-state index in [0.717, 1.165) is 15.6 Å². The van der Waals surface area contributed by atoms with Gasteiger partial charge in [-0.15, -0.1) is 0 Å². The number of halogens is 2. The third kappa shape index (κ3) is 3.17. The predicted octanol–water partition coefficient (Wildman–Crippen LogP) is 3.85. The van der Waals surface area contributed by atoms with Crippen molar-refractivity contribution < 1.29 is 9.18 Å². The molecule has 1 aromatic carbocycles. The zero-order valence-electron chi connectivity index (χ0n) is 10.5. The van der Waals surface area contributed by atoms with E-state index >= 15 is 0 Å². The summed E-state index contributed by atoms with van der Waals surface area (Å²) in [6.45, 7) is 3.88. The highest BCUT2D eigenvalue weighted by atomic mass is 79.9. The molecule has 0 unspecified atom stereocenters. The van der Waals surface area contributed by atoms with Crippen LogP contribution < -0.4 is 5.32 Å². The molecule has 1 amide bonds. The van der Waals surface area contributed by atoms with Gasteiger partial charge in [-0.3, -0.25) is 4.79 Å². The first-order valence-corrected chi connectivity index (χ1v) is 6.47. The van der Waals surface area contributed by atoms with Gasteiger partial charge in [0.2, 0.25) is 5.95 Å². The normalized spacial score (nSPS) is 10.3. The summed E-state index contributed by atoms with van der Waals surface area (Å²) in [6.07, 6.45) is 0. The molecule has 0 fully saturated rings. The number of carbonyl (C=O) groups excluding carboxylic acids is 1. The molecule has 3 nitrogen and oxygen atoms in total. The second kappa shape index (κ2) is 5.48. The standard InChI is InChI=1S/C14H12BrFN2O/c1-8-6-10(7-9(2)13(8)15)17-14(19)11-4-3-5-12(16)18-11/h3-7H,1-2H3,(H,17,19). The number of carbonyl (C=O) groups is 1. The number of rotatable bonds is 2. The SMILES string of the molecule is Cc1cc(NC(=O)c2cccc(F)n2)cc(C)c1Br. The topological polar surface area (TPSA) is 42.0 Å². The van der Waals surface area contributed by atoms with Crippen LogP contribution in [0, 0.1) is 19.8 Å². The molecule has 0 saturated heterocycles. The van der Waals surface area contributed by atoms with Crippen molar-refractivity contribution in [2.24, 2.45) is 0 Å². The van der Waals surface area contributed by atoms with Crippen LogP contribution in [0.1, 0.15) is 21.6 Å². The Morgan fingerprint density at radius 3 is 2.47 bits per heavy atom. The minimum absolute atomic E-state index is 0.0539. The lowest BCUT2D eigenvalue weighted by molar-refractivity contribution is 0.102. The predicted molar refractivity (Wildman–Crippen MR) is 75.8 cm³/mol. The van der Waals surface area contributed by atoms with Crippen molar-refractivity contribution in [2.75, 3.05) is 5.32 Å². The molecule has 0 spiro atoms. The van der Waals surface area contributed by atoms with E-state index in [-0.39, 0.29) is 5.69 Å². The van der Waals surface area contributed by atoms with Gasteiger partial charge >= 0.3 is 0 Å². The molecule has 2 rings (SSSR count). The molecule has 0 aliphatic heterocycles. The summed E-state index contributed by atoms with van der Waals surface area (Å²) in [6, 6.07) is 7.81. The fraction of sp³-hybridized carbons (Fsp3) is 0.143. The van der Waals surface area contributed by atoms with E-state index in [2.05, 4.69) is 26.2 Å². The molecular formula is C14H12BrFN2O. The number of nitrogens with zero attached hydrogens (tertiary/aromatic N) is 1. The van der Waals surface area contributed by atoms with Crippen molar-refractivity contribution >= 4 is 27.5 Å². The van der Waals surface area contributed by atoms with E-state index in [4.69, 9.17) is 0 Å². The fourth-order valence-corrected chi connectivity index (χ4v) is 1.98. The van der Waals surface area contributed by atoms with Gasteiger partial charge in [-0.05, 0) is 49.2 Å². The van der Waals surface area contributed by atoms with E-state index in [1.54, 1.807) is 0 Å². The second-order valence-corrected chi connectivity index (χ2v) is 5.02. The van der Waals surface area contributed by atoms with Gasteiger partial charge in [-0.25, -0.2) is 4.98 Å². The third-order valence-electron chi connectivity index (χ3n) is 2.64. The Balaban J connectivity index is 2.24. The van der Waals surface area contributed by atoms with Gasteiger partial charge in [-0.1, -0.05) is 22.0 Å². The van der Waals surface area contributed by atoms with Crippen molar-refractivity contribution in [2.45, 2.75) is 13.8 Å². The third-order valence-corrected chi connectivity index (χ3v) is 3.89. The van der Waals surface area contributed by atoms with E-state index in [0.29, 0.717) is 5.69 Å². The van der Waals surface area contributed by atoms with Crippen molar-refractivity contribution in [1.82, 2.24) is 4.98 Å². The lowest BCUT2D eigenvalue weighted by Gasteiger charge is -2.09. The Labute approximate surface area is 119 Å². The average molecular weight is 323 g/mol. The summed E-state index contributed by atoms with van der Waals surface area (Å²) < 4.78 is 14.0. The van der Waals surface area contributed by atoms with E-state index in [9.17, 15) is 9.18 Å². The lowest BCUT2D eigenvalue weighted by Crippen LogP contribution is -2.14. The average Bonchev–Trinajstić information content (AvgIpc) is 2.36. The maximum atomic E-state index is 13.0. The first-order valence-electron chi connectivity index (χ1n) is 5.68. The Morgan fingerprint density at radius 1 is 1.26 bits per heavy atom. The van der Waals surface area contributed by atoms with Crippen molar-refractivity contribution in [3.63, 3.8) is 0 Å². The van der Waals surface area contributed by atoms with Crippen LogP contribution in [-0.4, -0.2) is 10.9 Å². The van der Waals surface area contributed by atoms with Gasteiger partial charge < -0.3 is 5.32 Å². The molecule has 98 valence electrons. The Kier molecular flexibility index (Phi) is 3.95. The minimum Gasteiger partial charge on any atom is -0.321 e. The zero-order chi connectivity index (χ0) is 14.0. The van der Waals surface area contributed by atoms with Crippen LogP contribution in [0.3, 0.4) is 0 Å². The van der Waals surface area contributed by atoms with Crippen molar-refractivity contribution in [3.8, 4) is 0 Å². The smallest absolute Gasteiger partial charge is 0.274 e. The molecule has 2 aromatic rings. The quantitative estimate of drug-likeness (QED) is 0.853. The Morgan fingerprint density at radius 2 is 1.89 bits per heavy atom. The molecule has 0 saturated carbocycles. The van der Waals surface area contributed by atoms with Crippen LogP contribution in [0.15, 0.2) is 34.8 Å². The van der Waals surface area contributed by atoms with Crippen LogP contribution in [0.25, 0.3) is 0 Å². The van der Waals surface area contributed by atoms with E-state index in [1.807, 2.05) is 26.0 Å². The largest absolute Gasteiger partial charge is 0.321 e. The summed E-state index contributed by atoms with van der Waals surface area (Å²) in [4.78, 5) is 15.5. The van der Waals surface area contributed by atoms with Crippen LogP contribution in [0.5, 0.6) is 0 Å². The highest BCUT2D eigenvalue weighted by Crippen LogP contribution is 2.25.